The van der Waals surface area contributed by atoms with Gasteiger partial charge in [0.05, 0.1) is 13.0 Å². The molecule has 0 spiro atoms. The molecule has 4 nitrogen and oxygen atoms in total. The molecule has 0 saturated carbocycles. The van der Waals surface area contributed by atoms with E-state index in [1.807, 2.05) is 6.07 Å². The highest BCUT2D eigenvalue weighted by Crippen LogP contribution is 2.25. The Kier molecular flexibility index (Phi) is 3.41. The molecule has 0 heterocycles. The Balaban J connectivity index is 1.88. The number of aryl methyl sites for hydroxylation is 2. The zero-order valence-electron chi connectivity index (χ0n) is 9.16. The van der Waals surface area contributed by atoms with Gasteiger partial charge >= 0.3 is 0 Å². The summed E-state index contributed by atoms with van der Waals surface area (Å²) < 4.78 is 5.49. The molecule has 0 aromatic heterocycles. The predicted molar refractivity (Wildman–Crippen MR) is 60.9 cm³/mol. The number of rotatable bonds is 4. The Morgan fingerprint density at radius 1 is 1.38 bits per heavy atom. The molecule has 0 bridgehead atoms. The maximum Gasteiger partial charge on any atom is 0.237 e. The lowest BCUT2D eigenvalue weighted by molar-refractivity contribution is -0.121. The monoisotopic (exact) mass is 220 g/mol. The first-order valence-corrected chi connectivity index (χ1v) is 5.53. The number of hydrogen-bond donors (Lipinski definition) is 2. The van der Waals surface area contributed by atoms with Gasteiger partial charge in [-0.05, 0) is 42.5 Å². The smallest absolute Gasteiger partial charge is 0.237 e. The van der Waals surface area contributed by atoms with Crippen LogP contribution in [0.15, 0.2) is 18.2 Å². The molecular weight excluding hydrogens is 204 g/mol. The average molecular weight is 220 g/mol. The fraction of sp³-hybridized carbons (Fsp3) is 0.417. The Labute approximate surface area is 94.8 Å². The number of ether oxygens (including phenoxy) is 1. The van der Waals surface area contributed by atoms with E-state index < -0.39 is 0 Å². The second kappa shape index (κ2) is 4.99. The van der Waals surface area contributed by atoms with Crippen LogP contribution in [0.1, 0.15) is 24.0 Å². The summed E-state index contributed by atoms with van der Waals surface area (Å²) in [5.74, 6) is 5.60. The summed E-state index contributed by atoms with van der Waals surface area (Å²) in [4.78, 5) is 10.9. The van der Waals surface area contributed by atoms with Crippen molar-refractivity contribution in [2.24, 2.45) is 5.84 Å². The van der Waals surface area contributed by atoms with Gasteiger partial charge in [-0.25, -0.2) is 5.84 Å². The molecule has 1 amide bonds. The van der Waals surface area contributed by atoms with Crippen molar-refractivity contribution in [2.45, 2.75) is 25.7 Å². The summed E-state index contributed by atoms with van der Waals surface area (Å²) in [5.41, 5.74) is 4.87. The zero-order chi connectivity index (χ0) is 11.4. The molecular formula is C12H16N2O2. The maximum atomic E-state index is 10.9. The van der Waals surface area contributed by atoms with Crippen LogP contribution in [0.5, 0.6) is 5.75 Å². The second-order valence-electron chi connectivity index (χ2n) is 3.95. The lowest BCUT2D eigenvalue weighted by Gasteiger charge is -2.07. The van der Waals surface area contributed by atoms with E-state index in [9.17, 15) is 4.79 Å². The molecule has 1 aliphatic rings. The van der Waals surface area contributed by atoms with E-state index >= 15 is 0 Å². The highest BCUT2D eigenvalue weighted by molar-refractivity contribution is 5.75. The minimum absolute atomic E-state index is 0.207. The van der Waals surface area contributed by atoms with Gasteiger partial charge in [-0.2, -0.15) is 0 Å². The summed E-state index contributed by atoms with van der Waals surface area (Å²) in [7, 11) is 0. The molecule has 0 fully saturated rings. The van der Waals surface area contributed by atoms with Gasteiger partial charge in [-0.15, -0.1) is 0 Å². The quantitative estimate of drug-likeness (QED) is 0.451. The van der Waals surface area contributed by atoms with Gasteiger partial charge < -0.3 is 4.74 Å². The number of nitrogens with one attached hydrogen (secondary N) is 1. The fourth-order valence-corrected chi connectivity index (χ4v) is 1.97. The number of nitrogens with two attached hydrogens (primary N) is 1. The molecule has 4 heteroatoms. The van der Waals surface area contributed by atoms with E-state index in [0.29, 0.717) is 6.61 Å². The first-order valence-electron chi connectivity index (χ1n) is 5.53. The van der Waals surface area contributed by atoms with Crippen LogP contribution in [-0.2, 0) is 17.6 Å². The summed E-state index contributed by atoms with van der Waals surface area (Å²) in [5, 5.41) is 0. The van der Waals surface area contributed by atoms with E-state index in [0.717, 1.165) is 12.2 Å². The summed E-state index contributed by atoms with van der Waals surface area (Å²) in [6, 6.07) is 6.15. The van der Waals surface area contributed by atoms with Crippen molar-refractivity contribution in [1.29, 1.82) is 0 Å². The van der Waals surface area contributed by atoms with Gasteiger partial charge in [0.15, 0.2) is 0 Å². The van der Waals surface area contributed by atoms with Crippen LogP contribution in [0.2, 0.25) is 0 Å². The third-order valence-electron chi connectivity index (χ3n) is 2.83. The topological polar surface area (TPSA) is 64.3 Å². The van der Waals surface area contributed by atoms with Crippen molar-refractivity contribution in [3.05, 3.63) is 29.3 Å². The van der Waals surface area contributed by atoms with Gasteiger partial charge in [0.2, 0.25) is 5.91 Å². The van der Waals surface area contributed by atoms with Crippen LogP contribution < -0.4 is 16.0 Å². The fourth-order valence-electron chi connectivity index (χ4n) is 1.97. The Hall–Kier alpha value is -1.55. The number of hydrazine groups is 1. The van der Waals surface area contributed by atoms with E-state index in [2.05, 4.69) is 17.6 Å². The van der Waals surface area contributed by atoms with E-state index in [4.69, 9.17) is 10.6 Å². The van der Waals surface area contributed by atoms with Gasteiger partial charge in [-0.3, -0.25) is 10.2 Å². The summed E-state index contributed by atoms with van der Waals surface area (Å²) in [6.07, 6.45) is 3.82. The van der Waals surface area contributed by atoms with Crippen LogP contribution in [0.3, 0.4) is 0 Å². The Morgan fingerprint density at radius 3 is 3.00 bits per heavy atom. The van der Waals surface area contributed by atoms with Crippen molar-refractivity contribution in [3.63, 3.8) is 0 Å². The number of carbonyl (C=O) groups is 1. The first-order chi connectivity index (χ1) is 7.79. The molecule has 0 atom stereocenters. The van der Waals surface area contributed by atoms with Crippen molar-refractivity contribution < 1.29 is 9.53 Å². The van der Waals surface area contributed by atoms with Crippen molar-refractivity contribution in [1.82, 2.24) is 5.43 Å². The van der Waals surface area contributed by atoms with Gasteiger partial charge in [-0.1, -0.05) is 6.07 Å². The van der Waals surface area contributed by atoms with Crippen LogP contribution in [0, 0.1) is 0 Å². The van der Waals surface area contributed by atoms with Crippen molar-refractivity contribution in [3.8, 4) is 5.75 Å². The number of amides is 1. The second-order valence-corrected chi connectivity index (χ2v) is 3.95. The number of benzene rings is 1. The normalized spacial score (nSPS) is 13.3. The maximum absolute atomic E-state index is 10.9. The molecule has 3 N–H and O–H groups in total. The molecule has 16 heavy (non-hydrogen) atoms. The summed E-state index contributed by atoms with van der Waals surface area (Å²) in [6.45, 7) is 0.363. The van der Waals surface area contributed by atoms with Crippen molar-refractivity contribution in [2.75, 3.05) is 6.61 Å². The molecule has 1 aromatic carbocycles. The summed E-state index contributed by atoms with van der Waals surface area (Å²) >= 11 is 0. The van der Waals surface area contributed by atoms with Crippen LogP contribution >= 0.6 is 0 Å². The van der Waals surface area contributed by atoms with Gasteiger partial charge in [0, 0.05) is 0 Å². The SMILES string of the molecule is NNC(=O)CCOc1ccc2c(c1)CCC2. The zero-order valence-corrected chi connectivity index (χ0v) is 9.16. The van der Waals surface area contributed by atoms with E-state index in [1.54, 1.807) is 0 Å². The predicted octanol–water partition coefficient (Wildman–Crippen LogP) is 0.934. The number of carbonyl (C=O) groups excluding carboxylic acids is 1. The standard InChI is InChI=1S/C12H16N2O2/c13-14-12(15)6-7-16-11-5-4-9-2-1-3-10(9)8-11/h4-5,8H,1-3,6-7,13H2,(H,14,15). The van der Waals surface area contributed by atoms with Crippen molar-refractivity contribution >= 4 is 5.91 Å². The Morgan fingerprint density at radius 2 is 2.19 bits per heavy atom. The molecule has 86 valence electrons. The molecule has 0 aliphatic heterocycles. The van der Waals surface area contributed by atoms with E-state index in [1.165, 1.54) is 24.0 Å². The molecule has 1 aliphatic carbocycles. The highest BCUT2D eigenvalue weighted by Gasteiger charge is 2.11. The average Bonchev–Trinajstić information content (AvgIpc) is 2.76. The molecule has 2 rings (SSSR count). The molecule has 1 aromatic rings. The van der Waals surface area contributed by atoms with Crippen LogP contribution in [-0.4, -0.2) is 12.5 Å². The van der Waals surface area contributed by atoms with Gasteiger partial charge in [0.25, 0.3) is 0 Å². The third kappa shape index (κ3) is 2.52. The third-order valence-corrected chi connectivity index (χ3v) is 2.83. The lowest BCUT2D eigenvalue weighted by atomic mass is 10.1. The van der Waals surface area contributed by atoms with Gasteiger partial charge in [0.1, 0.15) is 5.75 Å². The van der Waals surface area contributed by atoms with E-state index in [-0.39, 0.29) is 12.3 Å². The number of fused-ring (bicyclic) bond motifs is 1. The lowest BCUT2D eigenvalue weighted by Crippen LogP contribution is -2.31. The minimum Gasteiger partial charge on any atom is -0.493 e. The van der Waals surface area contributed by atoms with Crippen LogP contribution in [0.4, 0.5) is 0 Å². The molecule has 0 saturated heterocycles. The Bertz CT molecular complexity index is 391. The largest absolute Gasteiger partial charge is 0.493 e. The molecule has 0 radical (unpaired) electrons. The number of hydrogen-bond acceptors (Lipinski definition) is 3. The molecule has 0 unspecified atom stereocenters. The van der Waals surface area contributed by atoms with Crippen LogP contribution in [0.25, 0.3) is 0 Å². The first kappa shape index (κ1) is 11.0. The minimum atomic E-state index is -0.207. The highest BCUT2D eigenvalue weighted by atomic mass is 16.5.